The smallest absolute Gasteiger partial charge is 0.225 e. The number of hydrogen-bond acceptors (Lipinski definition) is 2. The van der Waals surface area contributed by atoms with Crippen LogP contribution >= 0.6 is 0 Å². The maximum Gasteiger partial charge on any atom is 0.225 e. The lowest BCUT2D eigenvalue weighted by Gasteiger charge is -2.36. The van der Waals surface area contributed by atoms with Crippen LogP contribution in [0.25, 0.3) is 0 Å². The van der Waals surface area contributed by atoms with Crippen LogP contribution in [0.3, 0.4) is 0 Å². The second-order valence-electron chi connectivity index (χ2n) is 5.16. The van der Waals surface area contributed by atoms with E-state index in [4.69, 9.17) is 5.73 Å². The minimum absolute atomic E-state index is 0.0961. The van der Waals surface area contributed by atoms with Gasteiger partial charge in [-0.2, -0.15) is 0 Å². The second kappa shape index (κ2) is 4.78. The Morgan fingerprint density at radius 1 is 1.35 bits per heavy atom. The predicted molar refractivity (Wildman–Crippen MR) is 69.5 cm³/mol. The summed E-state index contributed by atoms with van der Waals surface area (Å²) in [5.74, 6) is 0.208. The van der Waals surface area contributed by atoms with Crippen LogP contribution in [-0.2, 0) is 11.2 Å². The molecule has 0 saturated heterocycles. The monoisotopic (exact) mass is 232 g/mol. The van der Waals surface area contributed by atoms with Crippen LogP contribution in [0.4, 0.5) is 5.69 Å². The van der Waals surface area contributed by atoms with E-state index >= 15 is 0 Å². The fourth-order valence-electron chi connectivity index (χ4n) is 2.15. The van der Waals surface area contributed by atoms with Crippen molar-refractivity contribution in [2.75, 3.05) is 12.3 Å². The molecule has 0 spiro atoms. The fourth-order valence-corrected chi connectivity index (χ4v) is 2.15. The average molecular weight is 232 g/mol. The van der Waals surface area contributed by atoms with Crippen molar-refractivity contribution in [3.05, 3.63) is 29.8 Å². The first-order chi connectivity index (χ1) is 8.10. The largest absolute Gasteiger partial charge is 0.399 e. The number of carbonyl (C=O) groups is 1. The molecule has 1 fully saturated rings. The maximum atomic E-state index is 11.9. The van der Waals surface area contributed by atoms with Crippen LogP contribution in [0.15, 0.2) is 24.3 Å². The number of amides is 1. The van der Waals surface area contributed by atoms with E-state index in [0.29, 0.717) is 6.54 Å². The molecule has 0 bridgehead atoms. The molecule has 1 aromatic carbocycles. The molecular formula is C14H20N2O. The molecule has 1 amide bonds. The predicted octanol–water partition coefficient (Wildman–Crippen LogP) is 2.12. The molecule has 17 heavy (non-hydrogen) atoms. The van der Waals surface area contributed by atoms with Gasteiger partial charge in [-0.1, -0.05) is 25.5 Å². The van der Waals surface area contributed by atoms with Gasteiger partial charge in [0.05, 0.1) is 0 Å². The number of rotatable bonds is 4. The van der Waals surface area contributed by atoms with Gasteiger partial charge in [0.15, 0.2) is 0 Å². The fraction of sp³-hybridized carbons (Fsp3) is 0.500. The highest BCUT2D eigenvalue weighted by Crippen LogP contribution is 2.40. The molecule has 0 heterocycles. The molecule has 0 aromatic heterocycles. The lowest BCUT2D eigenvalue weighted by Crippen LogP contribution is -2.44. The molecule has 0 unspecified atom stereocenters. The van der Waals surface area contributed by atoms with Gasteiger partial charge in [0, 0.05) is 17.6 Å². The molecule has 1 aromatic rings. The van der Waals surface area contributed by atoms with E-state index < -0.39 is 0 Å². The third-order valence-corrected chi connectivity index (χ3v) is 3.68. The molecular weight excluding hydrogens is 212 g/mol. The van der Waals surface area contributed by atoms with Crippen LogP contribution in [0, 0.1) is 5.41 Å². The van der Waals surface area contributed by atoms with E-state index in [-0.39, 0.29) is 11.3 Å². The number of anilines is 1. The summed E-state index contributed by atoms with van der Waals surface area (Å²) in [5, 5.41) is 3.02. The molecule has 0 atom stereocenters. The van der Waals surface area contributed by atoms with Crippen molar-refractivity contribution in [3.63, 3.8) is 0 Å². The Balaban J connectivity index is 1.76. The Hall–Kier alpha value is -1.51. The van der Waals surface area contributed by atoms with Crippen LogP contribution in [0.1, 0.15) is 31.7 Å². The van der Waals surface area contributed by atoms with Gasteiger partial charge in [0.1, 0.15) is 0 Å². The van der Waals surface area contributed by atoms with E-state index in [9.17, 15) is 4.79 Å². The molecule has 3 heteroatoms. The standard InChI is InChI=1S/C14H20N2O/c1-14(8-2-9-14)13(17)16-10-7-11-3-5-12(15)6-4-11/h3-6H,2,7-10,15H2,1H3,(H,16,17). The van der Waals surface area contributed by atoms with Crippen molar-refractivity contribution < 1.29 is 4.79 Å². The lowest BCUT2D eigenvalue weighted by atomic mass is 9.70. The first-order valence-corrected chi connectivity index (χ1v) is 6.23. The highest BCUT2D eigenvalue weighted by Gasteiger charge is 2.38. The Kier molecular flexibility index (Phi) is 3.36. The summed E-state index contributed by atoms with van der Waals surface area (Å²) >= 11 is 0. The molecule has 3 N–H and O–H groups in total. The quantitative estimate of drug-likeness (QED) is 0.781. The van der Waals surface area contributed by atoms with Gasteiger partial charge in [0.2, 0.25) is 5.91 Å². The van der Waals surface area contributed by atoms with Gasteiger partial charge < -0.3 is 11.1 Å². The van der Waals surface area contributed by atoms with Gasteiger partial charge >= 0.3 is 0 Å². The van der Waals surface area contributed by atoms with Crippen LogP contribution in [0.2, 0.25) is 0 Å². The van der Waals surface area contributed by atoms with Crippen molar-refractivity contribution in [3.8, 4) is 0 Å². The summed E-state index contributed by atoms with van der Waals surface area (Å²) in [5.41, 5.74) is 7.50. The van der Waals surface area contributed by atoms with Gasteiger partial charge in [0.25, 0.3) is 0 Å². The van der Waals surface area contributed by atoms with Gasteiger partial charge in [-0.05, 0) is 37.0 Å². The molecule has 0 radical (unpaired) electrons. The Morgan fingerprint density at radius 3 is 2.53 bits per heavy atom. The number of benzene rings is 1. The van der Waals surface area contributed by atoms with Crippen LogP contribution in [0.5, 0.6) is 0 Å². The van der Waals surface area contributed by atoms with Crippen molar-refractivity contribution in [2.45, 2.75) is 32.6 Å². The zero-order valence-corrected chi connectivity index (χ0v) is 10.3. The zero-order chi connectivity index (χ0) is 12.3. The lowest BCUT2D eigenvalue weighted by molar-refractivity contribution is -0.134. The average Bonchev–Trinajstić information content (AvgIpc) is 2.28. The second-order valence-corrected chi connectivity index (χ2v) is 5.16. The van der Waals surface area contributed by atoms with Crippen molar-refractivity contribution in [1.82, 2.24) is 5.32 Å². The SMILES string of the molecule is CC1(C(=O)NCCc2ccc(N)cc2)CCC1. The van der Waals surface area contributed by atoms with Gasteiger partial charge in [-0.25, -0.2) is 0 Å². The van der Waals surface area contributed by atoms with E-state index in [1.165, 1.54) is 12.0 Å². The van der Waals surface area contributed by atoms with Crippen LogP contribution in [-0.4, -0.2) is 12.5 Å². The number of nitrogens with one attached hydrogen (secondary N) is 1. The molecule has 1 aliphatic carbocycles. The first kappa shape index (κ1) is 12.0. The number of hydrogen-bond donors (Lipinski definition) is 2. The van der Waals surface area contributed by atoms with E-state index in [2.05, 4.69) is 12.2 Å². The third kappa shape index (κ3) is 2.78. The van der Waals surface area contributed by atoms with Gasteiger partial charge in [-0.15, -0.1) is 0 Å². The van der Waals surface area contributed by atoms with E-state index in [1.807, 2.05) is 24.3 Å². The molecule has 92 valence electrons. The minimum atomic E-state index is -0.0961. The summed E-state index contributed by atoms with van der Waals surface area (Å²) in [6, 6.07) is 7.80. The summed E-state index contributed by atoms with van der Waals surface area (Å²) in [7, 11) is 0. The minimum Gasteiger partial charge on any atom is -0.399 e. The highest BCUT2D eigenvalue weighted by atomic mass is 16.2. The Labute approximate surface area is 102 Å². The summed E-state index contributed by atoms with van der Waals surface area (Å²) in [6.07, 6.45) is 4.10. The number of carbonyl (C=O) groups excluding carboxylic acids is 1. The van der Waals surface area contributed by atoms with Crippen molar-refractivity contribution in [1.29, 1.82) is 0 Å². The molecule has 3 nitrogen and oxygen atoms in total. The highest BCUT2D eigenvalue weighted by molar-refractivity contribution is 5.83. The number of nitrogens with two attached hydrogens (primary N) is 1. The number of nitrogen functional groups attached to an aromatic ring is 1. The summed E-state index contributed by atoms with van der Waals surface area (Å²) < 4.78 is 0. The summed E-state index contributed by atoms with van der Waals surface area (Å²) in [4.78, 5) is 11.9. The van der Waals surface area contributed by atoms with Crippen molar-refractivity contribution >= 4 is 11.6 Å². The Morgan fingerprint density at radius 2 is 2.00 bits per heavy atom. The van der Waals surface area contributed by atoms with E-state index in [0.717, 1.165) is 24.9 Å². The molecule has 1 saturated carbocycles. The van der Waals surface area contributed by atoms with Crippen molar-refractivity contribution in [2.24, 2.45) is 5.41 Å². The maximum absolute atomic E-state index is 11.9. The zero-order valence-electron chi connectivity index (χ0n) is 10.3. The first-order valence-electron chi connectivity index (χ1n) is 6.23. The Bertz CT molecular complexity index is 393. The van der Waals surface area contributed by atoms with E-state index in [1.54, 1.807) is 0 Å². The normalized spacial score (nSPS) is 17.2. The third-order valence-electron chi connectivity index (χ3n) is 3.68. The summed E-state index contributed by atoms with van der Waals surface area (Å²) in [6.45, 7) is 2.76. The molecule has 1 aliphatic rings. The topological polar surface area (TPSA) is 55.1 Å². The van der Waals surface area contributed by atoms with Gasteiger partial charge in [-0.3, -0.25) is 4.79 Å². The van der Waals surface area contributed by atoms with Crippen LogP contribution < -0.4 is 11.1 Å². The molecule has 2 rings (SSSR count). The molecule has 0 aliphatic heterocycles.